The number of rotatable bonds is 6. The largest absolute Gasteiger partial charge is 0.444 e. The summed E-state index contributed by atoms with van der Waals surface area (Å²) >= 11 is 0. The average Bonchev–Trinajstić information content (AvgIpc) is 2.42. The van der Waals surface area contributed by atoms with E-state index in [9.17, 15) is 18.0 Å². The number of benzene rings is 1. The predicted molar refractivity (Wildman–Crippen MR) is 93.0 cm³/mol. The number of nitrogens with one attached hydrogen (secondary N) is 2. The Balaban J connectivity index is 0.00000576. The van der Waals surface area contributed by atoms with E-state index < -0.39 is 39.5 Å². The van der Waals surface area contributed by atoms with Gasteiger partial charge < -0.3 is 21.5 Å². The Hall–Kier alpha value is -2.17. The van der Waals surface area contributed by atoms with Crippen LogP contribution in [0.5, 0.6) is 0 Å². The lowest BCUT2D eigenvalue weighted by Gasteiger charge is -2.23. The Kier molecular flexibility index (Phi) is 8.54. The topological polar surface area (TPSA) is 157 Å². The van der Waals surface area contributed by atoms with Gasteiger partial charge in [-0.05, 0) is 26.3 Å². The molecule has 0 aliphatic heterocycles. The van der Waals surface area contributed by atoms with Gasteiger partial charge in [0, 0.05) is 6.54 Å². The SMILES string of the molecule is CC(C)(C)OC(=O)N[C@@H](C(=O)NCCS(=O)(=O)O)c1ccccc1.N. The Morgan fingerprint density at radius 3 is 2.24 bits per heavy atom. The molecule has 0 aromatic heterocycles. The summed E-state index contributed by atoms with van der Waals surface area (Å²) in [7, 11) is -4.18. The summed E-state index contributed by atoms with van der Waals surface area (Å²) in [4.78, 5) is 24.2. The number of hydrogen-bond acceptors (Lipinski definition) is 6. The Morgan fingerprint density at radius 2 is 1.76 bits per heavy atom. The Labute approximate surface area is 147 Å². The molecule has 0 bridgehead atoms. The van der Waals surface area contributed by atoms with E-state index in [1.165, 1.54) is 0 Å². The molecule has 0 unspecified atom stereocenters. The molecule has 1 aromatic carbocycles. The number of carbonyl (C=O) groups is 2. The van der Waals surface area contributed by atoms with Crippen molar-refractivity contribution in [2.45, 2.75) is 32.4 Å². The molecular formula is C15H25N3O6S. The maximum atomic E-state index is 12.3. The van der Waals surface area contributed by atoms with Crippen LogP contribution in [0.1, 0.15) is 32.4 Å². The molecule has 10 heteroatoms. The van der Waals surface area contributed by atoms with Gasteiger partial charge in [0.05, 0.1) is 5.75 Å². The second-order valence-corrected chi connectivity index (χ2v) is 7.64. The van der Waals surface area contributed by atoms with Crippen LogP contribution in [0.15, 0.2) is 30.3 Å². The van der Waals surface area contributed by atoms with E-state index in [-0.39, 0.29) is 12.7 Å². The number of alkyl carbamates (subject to hydrolysis) is 1. The van der Waals surface area contributed by atoms with Crippen LogP contribution >= 0.6 is 0 Å². The minimum absolute atomic E-state index is 0. The summed E-state index contributed by atoms with van der Waals surface area (Å²) in [6, 6.07) is 7.39. The first-order chi connectivity index (χ1) is 11.0. The normalized spacial score (nSPS) is 12.5. The molecular weight excluding hydrogens is 350 g/mol. The fourth-order valence-electron chi connectivity index (χ4n) is 1.78. The molecule has 0 radical (unpaired) electrons. The summed E-state index contributed by atoms with van der Waals surface area (Å²) in [6.45, 7) is 4.79. The Bertz CT molecular complexity index is 670. The first-order valence-corrected chi connectivity index (χ1v) is 8.86. The minimum Gasteiger partial charge on any atom is -0.444 e. The van der Waals surface area contributed by atoms with Crippen molar-refractivity contribution in [1.82, 2.24) is 16.8 Å². The highest BCUT2D eigenvalue weighted by atomic mass is 32.2. The lowest BCUT2D eigenvalue weighted by atomic mass is 10.1. The van der Waals surface area contributed by atoms with Gasteiger partial charge in [0.2, 0.25) is 5.91 Å². The monoisotopic (exact) mass is 375 g/mol. The highest BCUT2D eigenvalue weighted by Gasteiger charge is 2.25. The zero-order chi connectivity index (χ0) is 18.4. The highest BCUT2D eigenvalue weighted by molar-refractivity contribution is 7.85. The number of carbonyl (C=O) groups excluding carboxylic acids is 2. The Morgan fingerprint density at radius 1 is 1.20 bits per heavy atom. The molecule has 0 heterocycles. The van der Waals surface area contributed by atoms with Crippen molar-refractivity contribution in [3.8, 4) is 0 Å². The molecule has 0 fully saturated rings. The van der Waals surface area contributed by atoms with Gasteiger partial charge in [0.1, 0.15) is 11.6 Å². The lowest BCUT2D eigenvalue weighted by Crippen LogP contribution is -2.43. The number of hydrogen-bond donors (Lipinski definition) is 4. The van der Waals surface area contributed by atoms with Crippen LogP contribution < -0.4 is 16.8 Å². The van der Waals surface area contributed by atoms with Gasteiger partial charge in [-0.25, -0.2) is 4.79 Å². The smallest absolute Gasteiger partial charge is 0.408 e. The van der Waals surface area contributed by atoms with Crippen LogP contribution in [0, 0.1) is 0 Å². The zero-order valence-electron chi connectivity index (χ0n) is 14.5. The summed E-state index contributed by atoms with van der Waals surface area (Å²) in [6.07, 6.45) is -0.777. The second kappa shape index (κ2) is 9.35. The fourth-order valence-corrected chi connectivity index (χ4v) is 2.14. The predicted octanol–water partition coefficient (Wildman–Crippen LogP) is 1.42. The van der Waals surface area contributed by atoms with Gasteiger partial charge in [-0.1, -0.05) is 30.3 Å². The van der Waals surface area contributed by atoms with Crippen LogP contribution in [-0.4, -0.2) is 42.9 Å². The van der Waals surface area contributed by atoms with Crippen LogP contribution in [-0.2, 0) is 19.6 Å². The van der Waals surface area contributed by atoms with E-state index >= 15 is 0 Å². The molecule has 2 amide bonds. The summed E-state index contributed by atoms with van der Waals surface area (Å²) in [5.41, 5.74) is -0.222. The van der Waals surface area contributed by atoms with Crippen LogP contribution in [0.3, 0.4) is 0 Å². The van der Waals surface area contributed by atoms with Crippen molar-refractivity contribution in [3.05, 3.63) is 35.9 Å². The highest BCUT2D eigenvalue weighted by Crippen LogP contribution is 2.14. The molecule has 0 spiro atoms. The van der Waals surface area contributed by atoms with Crippen LogP contribution in [0.25, 0.3) is 0 Å². The quantitative estimate of drug-likeness (QED) is 0.547. The van der Waals surface area contributed by atoms with Gasteiger partial charge >= 0.3 is 6.09 Å². The van der Waals surface area contributed by atoms with E-state index in [4.69, 9.17) is 9.29 Å². The van der Waals surface area contributed by atoms with E-state index in [1.54, 1.807) is 51.1 Å². The van der Waals surface area contributed by atoms with E-state index in [0.717, 1.165) is 0 Å². The van der Waals surface area contributed by atoms with Crippen LogP contribution in [0.2, 0.25) is 0 Å². The van der Waals surface area contributed by atoms with Crippen molar-refractivity contribution in [2.75, 3.05) is 12.3 Å². The first-order valence-electron chi connectivity index (χ1n) is 7.25. The van der Waals surface area contributed by atoms with Crippen LogP contribution in [0.4, 0.5) is 4.79 Å². The first kappa shape index (κ1) is 22.8. The molecule has 142 valence electrons. The fraction of sp³-hybridized carbons (Fsp3) is 0.467. The number of ether oxygens (including phenoxy) is 1. The number of amides is 2. The maximum Gasteiger partial charge on any atom is 0.408 e. The van der Waals surface area contributed by atoms with Crippen molar-refractivity contribution in [1.29, 1.82) is 0 Å². The van der Waals surface area contributed by atoms with Crippen molar-refractivity contribution in [3.63, 3.8) is 0 Å². The van der Waals surface area contributed by atoms with Gasteiger partial charge in [0.15, 0.2) is 0 Å². The molecule has 0 saturated carbocycles. The summed E-state index contributed by atoms with van der Waals surface area (Å²) < 4.78 is 35.2. The third-order valence-electron chi connectivity index (χ3n) is 2.72. The average molecular weight is 375 g/mol. The minimum atomic E-state index is -4.18. The molecule has 0 aliphatic carbocycles. The van der Waals surface area contributed by atoms with Gasteiger partial charge in [-0.15, -0.1) is 0 Å². The van der Waals surface area contributed by atoms with Crippen molar-refractivity contribution in [2.24, 2.45) is 0 Å². The maximum absolute atomic E-state index is 12.3. The summed E-state index contributed by atoms with van der Waals surface area (Å²) in [5, 5.41) is 4.81. The second-order valence-electron chi connectivity index (χ2n) is 6.07. The van der Waals surface area contributed by atoms with Crippen molar-refractivity contribution >= 4 is 22.1 Å². The van der Waals surface area contributed by atoms with E-state index in [1.807, 2.05) is 0 Å². The molecule has 1 rings (SSSR count). The molecule has 25 heavy (non-hydrogen) atoms. The van der Waals surface area contributed by atoms with Gasteiger partial charge in [0.25, 0.3) is 10.1 Å². The van der Waals surface area contributed by atoms with Crippen molar-refractivity contribution < 1.29 is 27.3 Å². The molecule has 0 saturated heterocycles. The molecule has 6 N–H and O–H groups in total. The molecule has 0 aliphatic rings. The molecule has 1 atom stereocenters. The van der Waals surface area contributed by atoms with Gasteiger partial charge in [-0.3, -0.25) is 9.35 Å². The van der Waals surface area contributed by atoms with E-state index in [0.29, 0.717) is 5.56 Å². The zero-order valence-corrected chi connectivity index (χ0v) is 15.3. The summed E-state index contributed by atoms with van der Waals surface area (Å²) in [5.74, 6) is -1.23. The van der Waals surface area contributed by atoms with Gasteiger partial charge in [-0.2, -0.15) is 8.42 Å². The standard InChI is InChI=1S/C15H22N2O6S.H3N/c1-15(2,3)23-14(19)17-12(11-7-5-4-6-8-11)13(18)16-9-10-24(20,21)22;/h4-8,12H,9-10H2,1-3H3,(H,16,18)(H,17,19)(H,20,21,22);1H3/t12-;/m1./s1. The third kappa shape index (κ3) is 9.65. The lowest BCUT2D eigenvalue weighted by molar-refractivity contribution is -0.123. The van der Waals surface area contributed by atoms with E-state index in [2.05, 4.69) is 10.6 Å². The molecule has 1 aromatic rings. The molecule has 9 nitrogen and oxygen atoms in total. The third-order valence-corrected chi connectivity index (χ3v) is 3.44.